The van der Waals surface area contributed by atoms with E-state index in [0.717, 1.165) is 12.1 Å². The van der Waals surface area contributed by atoms with Crippen LogP contribution in [0.1, 0.15) is 0 Å². The Morgan fingerprint density at radius 2 is 1.83 bits per heavy atom. The standard InChI is InChI=1S/C10H7NO5S.Na/c12-10-8-3-2-7(17(14,15)16)5-6(8)1-4-9(10)11-13;/h1-5,12H,(H,14,15,16);/q;+1/p-1. The second-order valence-electron chi connectivity index (χ2n) is 3.36. The van der Waals surface area contributed by atoms with Gasteiger partial charge in [-0.3, -0.25) is 4.55 Å². The fourth-order valence-electron chi connectivity index (χ4n) is 1.50. The summed E-state index contributed by atoms with van der Waals surface area (Å²) in [5.41, 5.74) is -0.239. The van der Waals surface area contributed by atoms with Crippen molar-refractivity contribution in [1.82, 2.24) is 0 Å². The van der Waals surface area contributed by atoms with Crippen LogP contribution in [-0.4, -0.2) is 13.0 Å². The molecule has 0 fully saturated rings. The summed E-state index contributed by atoms with van der Waals surface area (Å²) in [6.07, 6.45) is 0. The van der Waals surface area contributed by atoms with E-state index >= 15 is 0 Å². The van der Waals surface area contributed by atoms with Crippen LogP contribution >= 0.6 is 0 Å². The van der Waals surface area contributed by atoms with Crippen LogP contribution in [-0.2, 0) is 10.1 Å². The Bertz CT molecular complexity index is 714. The Labute approximate surface area is 125 Å². The van der Waals surface area contributed by atoms with Crippen LogP contribution in [0.4, 0.5) is 5.69 Å². The quantitative estimate of drug-likeness (QED) is 0.410. The van der Waals surface area contributed by atoms with E-state index in [1.165, 1.54) is 18.2 Å². The Morgan fingerprint density at radius 3 is 2.39 bits per heavy atom. The van der Waals surface area contributed by atoms with Crippen molar-refractivity contribution in [2.45, 2.75) is 4.90 Å². The van der Waals surface area contributed by atoms with Crippen molar-refractivity contribution in [2.75, 3.05) is 0 Å². The van der Waals surface area contributed by atoms with Gasteiger partial charge in [0.05, 0.1) is 4.90 Å². The molecule has 0 heterocycles. The van der Waals surface area contributed by atoms with E-state index in [9.17, 15) is 18.4 Å². The van der Waals surface area contributed by atoms with Gasteiger partial charge in [-0.2, -0.15) is 8.42 Å². The summed E-state index contributed by atoms with van der Waals surface area (Å²) in [4.78, 5) is 10.0. The van der Waals surface area contributed by atoms with Crippen LogP contribution in [0.2, 0.25) is 0 Å². The fraction of sp³-hybridized carbons (Fsp3) is 0. The van der Waals surface area contributed by atoms with Gasteiger partial charge in [0.15, 0.2) is 0 Å². The normalized spacial score (nSPS) is 10.9. The van der Waals surface area contributed by atoms with Gasteiger partial charge in [-0.05, 0) is 34.1 Å². The molecule has 6 nitrogen and oxygen atoms in total. The predicted octanol–water partition coefficient (Wildman–Crippen LogP) is -1.44. The Balaban J connectivity index is 0.00000162. The third-order valence-electron chi connectivity index (χ3n) is 2.32. The van der Waals surface area contributed by atoms with E-state index < -0.39 is 15.9 Å². The van der Waals surface area contributed by atoms with Gasteiger partial charge in [-0.15, -0.1) is 4.91 Å². The summed E-state index contributed by atoms with van der Waals surface area (Å²) in [5, 5.41) is 14.7. The predicted molar refractivity (Wildman–Crippen MR) is 58.7 cm³/mol. The van der Waals surface area contributed by atoms with E-state index in [2.05, 4.69) is 5.18 Å². The van der Waals surface area contributed by atoms with Gasteiger partial charge in [0, 0.05) is 0 Å². The molecule has 0 aromatic heterocycles. The molecule has 0 bridgehead atoms. The van der Waals surface area contributed by atoms with Crippen LogP contribution in [0.15, 0.2) is 40.4 Å². The molecule has 0 amide bonds. The summed E-state index contributed by atoms with van der Waals surface area (Å²) >= 11 is 0. The van der Waals surface area contributed by atoms with Gasteiger partial charge in [0.1, 0.15) is 5.69 Å². The number of nitrogens with zero attached hydrogens (tertiary/aromatic N) is 1. The number of fused-ring (bicyclic) bond motifs is 1. The zero-order valence-corrected chi connectivity index (χ0v) is 12.1. The van der Waals surface area contributed by atoms with Crippen LogP contribution in [0.25, 0.3) is 10.8 Å². The van der Waals surface area contributed by atoms with Gasteiger partial charge in [-0.1, -0.05) is 17.9 Å². The smallest absolute Gasteiger partial charge is 0.871 e. The zero-order chi connectivity index (χ0) is 12.6. The molecular weight excluding hydrogens is 269 g/mol. The minimum absolute atomic E-state index is 0. The maximum absolute atomic E-state index is 11.6. The number of benzene rings is 2. The zero-order valence-electron chi connectivity index (χ0n) is 9.32. The van der Waals surface area contributed by atoms with Crippen LogP contribution in [0, 0.1) is 4.91 Å². The molecule has 0 saturated carbocycles. The molecule has 0 atom stereocenters. The maximum atomic E-state index is 11.6. The molecule has 0 aliphatic rings. The summed E-state index contributed by atoms with van der Waals surface area (Å²) in [6, 6.07) is 6.07. The topological polar surface area (TPSA) is 107 Å². The van der Waals surface area contributed by atoms with E-state index in [4.69, 9.17) is 4.55 Å². The molecule has 2 rings (SSSR count). The molecule has 0 unspecified atom stereocenters. The van der Waals surface area contributed by atoms with Crippen molar-refractivity contribution >= 4 is 26.6 Å². The molecule has 0 saturated heterocycles. The molecular formula is C10H6NNaO5S. The van der Waals surface area contributed by atoms with Crippen LogP contribution in [0.5, 0.6) is 5.75 Å². The first-order valence-electron chi connectivity index (χ1n) is 4.48. The third-order valence-corrected chi connectivity index (χ3v) is 3.17. The first-order valence-corrected chi connectivity index (χ1v) is 5.92. The number of nitroso groups, excluding NO2 is 1. The average molecular weight is 275 g/mol. The number of rotatable bonds is 2. The molecule has 18 heavy (non-hydrogen) atoms. The minimum atomic E-state index is -4.31. The average Bonchev–Trinajstić information content (AvgIpc) is 2.28. The summed E-state index contributed by atoms with van der Waals surface area (Å²) < 4.78 is 30.6. The molecule has 2 aromatic rings. The molecule has 2 aromatic carbocycles. The van der Waals surface area contributed by atoms with Crippen molar-refractivity contribution in [3.8, 4) is 5.75 Å². The van der Waals surface area contributed by atoms with Crippen LogP contribution < -0.4 is 34.7 Å². The summed E-state index contributed by atoms with van der Waals surface area (Å²) in [7, 11) is -4.31. The second-order valence-corrected chi connectivity index (χ2v) is 4.78. The van der Waals surface area contributed by atoms with Crippen molar-refractivity contribution < 1.29 is 47.6 Å². The van der Waals surface area contributed by atoms with E-state index in [-0.39, 0.29) is 45.5 Å². The van der Waals surface area contributed by atoms with Gasteiger partial charge in [0.25, 0.3) is 10.1 Å². The summed E-state index contributed by atoms with van der Waals surface area (Å²) in [5.74, 6) is -0.570. The Hall–Kier alpha value is -0.990. The minimum Gasteiger partial charge on any atom is -0.871 e. The Kier molecular flexibility index (Phi) is 4.46. The van der Waals surface area contributed by atoms with Crippen LogP contribution in [0.3, 0.4) is 0 Å². The number of hydrogen-bond acceptors (Lipinski definition) is 5. The van der Waals surface area contributed by atoms with Gasteiger partial charge in [-0.25, -0.2) is 0 Å². The molecule has 0 spiro atoms. The van der Waals surface area contributed by atoms with E-state index in [1.54, 1.807) is 0 Å². The first kappa shape index (κ1) is 15.1. The van der Waals surface area contributed by atoms with Gasteiger partial charge >= 0.3 is 29.6 Å². The van der Waals surface area contributed by atoms with Crippen molar-refractivity contribution in [3.05, 3.63) is 35.2 Å². The molecule has 1 N–H and O–H groups in total. The molecule has 88 valence electrons. The SMILES string of the molecule is O=Nc1ccc2cc(S(=O)(=O)O)ccc2c1[O-].[Na+]. The molecule has 0 radical (unpaired) electrons. The maximum Gasteiger partial charge on any atom is 1.00 e. The van der Waals surface area contributed by atoms with E-state index in [1.807, 2.05) is 0 Å². The monoisotopic (exact) mass is 275 g/mol. The van der Waals surface area contributed by atoms with Gasteiger partial charge in [0.2, 0.25) is 0 Å². The van der Waals surface area contributed by atoms with Crippen molar-refractivity contribution in [3.63, 3.8) is 0 Å². The third kappa shape index (κ3) is 2.70. The van der Waals surface area contributed by atoms with E-state index in [0.29, 0.717) is 5.39 Å². The number of hydrogen-bond donors (Lipinski definition) is 1. The Morgan fingerprint density at radius 1 is 1.17 bits per heavy atom. The van der Waals surface area contributed by atoms with Gasteiger partial charge < -0.3 is 5.11 Å². The van der Waals surface area contributed by atoms with Crippen molar-refractivity contribution in [1.29, 1.82) is 0 Å². The molecule has 0 aliphatic heterocycles. The fourth-order valence-corrected chi connectivity index (χ4v) is 2.02. The first-order chi connectivity index (χ1) is 7.93. The summed E-state index contributed by atoms with van der Waals surface area (Å²) in [6.45, 7) is 0. The second kappa shape index (κ2) is 5.33. The van der Waals surface area contributed by atoms with Crippen molar-refractivity contribution in [2.24, 2.45) is 5.18 Å². The largest absolute Gasteiger partial charge is 1.00 e. The molecule has 0 aliphatic carbocycles. The molecule has 8 heteroatoms.